The highest BCUT2D eigenvalue weighted by molar-refractivity contribution is 6.83. The molecule has 4 nitrogen and oxygen atoms in total. The van der Waals surface area contributed by atoms with Crippen molar-refractivity contribution in [2.24, 2.45) is 0 Å². The van der Waals surface area contributed by atoms with Crippen molar-refractivity contribution < 1.29 is 9.47 Å². The van der Waals surface area contributed by atoms with Crippen LogP contribution in [-0.2, 0) is 11.2 Å². The largest absolute Gasteiger partial charge is 0.494 e. The lowest BCUT2D eigenvalue weighted by Gasteiger charge is -2.26. The van der Waals surface area contributed by atoms with E-state index < -0.39 is 8.07 Å². The number of morpholine rings is 1. The normalized spacial score (nSPS) is 15.3. The Kier molecular flexibility index (Phi) is 7.11. The molecule has 0 aliphatic carbocycles. The highest BCUT2D eigenvalue weighted by atomic mass is 28.3. The molecule has 1 aliphatic rings. The van der Waals surface area contributed by atoms with Crippen LogP contribution in [0.3, 0.4) is 0 Å². The third kappa shape index (κ3) is 6.06. The molecule has 150 valence electrons. The number of nitrogens with zero attached hydrogens (tertiary/aromatic N) is 2. The summed E-state index contributed by atoms with van der Waals surface area (Å²) in [4.78, 5) is 7.26. The predicted octanol–water partition coefficient (Wildman–Crippen LogP) is 4.13. The molecule has 1 aromatic heterocycles. The minimum absolute atomic E-state index is 0.733. The lowest BCUT2D eigenvalue weighted by molar-refractivity contribution is 0.0358. The zero-order chi connectivity index (χ0) is 20.0. The van der Waals surface area contributed by atoms with E-state index in [1.807, 2.05) is 12.1 Å². The minimum atomic E-state index is -1.42. The van der Waals surface area contributed by atoms with Gasteiger partial charge in [-0.05, 0) is 42.7 Å². The van der Waals surface area contributed by atoms with Gasteiger partial charge in [-0.15, -0.1) is 5.54 Å². The van der Waals surface area contributed by atoms with Crippen molar-refractivity contribution in [3.05, 3.63) is 35.5 Å². The summed E-state index contributed by atoms with van der Waals surface area (Å²) < 4.78 is 11.4. The zero-order valence-corrected chi connectivity index (χ0v) is 18.7. The molecule has 0 unspecified atom stereocenters. The number of aryl methyl sites for hydroxylation is 1. The third-order valence-corrected chi connectivity index (χ3v) is 5.67. The molecule has 0 atom stereocenters. The van der Waals surface area contributed by atoms with Crippen LogP contribution in [0.2, 0.25) is 19.6 Å². The molecule has 28 heavy (non-hydrogen) atoms. The zero-order valence-electron chi connectivity index (χ0n) is 17.7. The molecule has 1 aromatic carbocycles. The van der Waals surface area contributed by atoms with Crippen LogP contribution in [0.5, 0.6) is 5.75 Å². The Morgan fingerprint density at radius 1 is 1.18 bits per heavy atom. The highest BCUT2D eigenvalue weighted by Crippen LogP contribution is 2.23. The van der Waals surface area contributed by atoms with Gasteiger partial charge in [0.25, 0.3) is 0 Å². The first kappa shape index (κ1) is 20.9. The fraction of sp³-hybridized carbons (Fsp3) is 0.522. The number of rotatable bonds is 6. The fourth-order valence-electron chi connectivity index (χ4n) is 3.22. The smallest absolute Gasteiger partial charge is 0.129 e. The molecule has 0 bridgehead atoms. The van der Waals surface area contributed by atoms with Gasteiger partial charge in [-0.3, -0.25) is 4.90 Å². The number of aromatic nitrogens is 1. The second kappa shape index (κ2) is 9.55. The first-order valence-corrected chi connectivity index (χ1v) is 13.8. The van der Waals surface area contributed by atoms with Gasteiger partial charge in [0.2, 0.25) is 0 Å². The van der Waals surface area contributed by atoms with E-state index in [1.165, 1.54) is 5.56 Å². The van der Waals surface area contributed by atoms with E-state index in [-0.39, 0.29) is 0 Å². The van der Waals surface area contributed by atoms with E-state index in [0.717, 1.165) is 74.6 Å². The maximum absolute atomic E-state index is 5.99. The topological polar surface area (TPSA) is 34.6 Å². The summed E-state index contributed by atoms with van der Waals surface area (Å²) in [6.07, 6.45) is 1.96. The van der Waals surface area contributed by atoms with E-state index in [9.17, 15) is 0 Å². The summed E-state index contributed by atoms with van der Waals surface area (Å²) in [5.74, 6) is 4.26. The number of ether oxygens (including phenoxy) is 2. The van der Waals surface area contributed by atoms with Gasteiger partial charge in [0, 0.05) is 25.0 Å². The van der Waals surface area contributed by atoms with Gasteiger partial charge in [-0.1, -0.05) is 32.5 Å². The summed E-state index contributed by atoms with van der Waals surface area (Å²) in [5, 5.41) is 1.13. The Balaban J connectivity index is 1.66. The van der Waals surface area contributed by atoms with Crippen LogP contribution in [-0.4, -0.2) is 57.4 Å². The first-order valence-electron chi connectivity index (χ1n) is 10.3. The maximum Gasteiger partial charge on any atom is 0.129 e. The number of pyridine rings is 1. The Bertz CT molecular complexity index is 859. The van der Waals surface area contributed by atoms with Crippen LogP contribution < -0.4 is 4.74 Å². The molecule has 1 fully saturated rings. The van der Waals surface area contributed by atoms with Gasteiger partial charge in [0.15, 0.2) is 0 Å². The van der Waals surface area contributed by atoms with Crippen LogP contribution >= 0.6 is 0 Å². The molecule has 0 amide bonds. The molecule has 1 aliphatic heterocycles. The molecule has 3 rings (SSSR count). The Morgan fingerprint density at radius 3 is 2.68 bits per heavy atom. The molecule has 0 radical (unpaired) electrons. The van der Waals surface area contributed by atoms with Crippen LogP contribution in [0.1, 0.15) is 24.6 Å². The van der Waals surface area contributed by atoms with Crippen molar-refractivity contribution in [1.29, 1.82) is 0 Å². The lowest BCUT2D eigenvalue weighted by Crippen LogP contribution is -2.37. The van der Waals surface area contributed by atoms with Crippen LogP contribution in [0.4, 0.5) is 0 Å². The molecule has 0 N–H and O–H groups in total. The number of benzene rings is 1. The number of hydrogen-bond donors (Lipinski definition) is 0. The van der Waals surface area contributed by atoms with Gasteiger partial charge < -0.3 is 9.47 Å². The molecule has 2 aromatic rings. The Labute approximate surface area is 170 Å². The highest BCUT2D eigenvalue weighted by Gasteiger charge is 2.11. The molecule has 0 saturated carbocycles. The average molecular weight is 397 g/mol. The summed E-state index contributed by atoms with van der Waals surface area (Å²) in [5.41, 5.74) is 6.56. The van der Waals surface area contributed by atoms with E-state index in [1.54, 1.807) is 0 Å². The van der Waals surface area contributed by atoms with Crippen molar-refractivity contribution in [2.45, 2.75) is 39.4 Å². The molecular weight excluding hydrogens is 364 g/mol. The molecular formula is C23H32N2O2Si. The van der Waals surface area contributed by atoms with E-state index in [4.69, 9.17) is 14.5 Å². The van der Waals surface area contributed by atoms with Gasteiger partial charge in [-0.2, -0.15) is 0 Å². The maximum atomic E-state index is 5.99. The van der Waals surface area contributed by atoms with E-state index in [0.29, 0.717) is 0 Å². The van der Waals surface area contributed by atoms with Crippen molar-refractivity contribution in [2.75, 3.05) is 39.5 Å². The molecule has 1 saturated heterocycles. The van der Waals surface area contributed by atoms with Gasteiger partial charge in [0.05, 0.1) is 25.3 Å². The SMILES string of the molecule is CCc1cc2cc(OCCCN3CCOCC3)ccc2nc1C#C[Si](C)(C)C. The minimum Gasteiger partial charge on any atom is -0.494 e. The van der Waals surface area contributed by atoms with Gasteiger partial charge in [-0.25, -0.2) is 4.98 Å². The van der Waals surface area contributed by atoms with Crippen LogP contribution in [0.15, 0.2) is 24.3 Å². The van der Waals surface area contributed by atoms with Gasteiger partial charge in [0.1, 0.15) is 19.5 Å². The summed E-state index contributed by atoms with van der Waals surface area (Å²) >= 11 is 0. The molecule has 2 heterocycles. The van der Waals surface area contributed by atoms with Crippen LogP contribution in [0, 0.1) is 11.5 Å². The van der Waals surface area contributed by atoms with Crippen molar-refractivity contribution in [1.82, 2.24) is 9.88 Å². The average Bonchev–Trinajstić information content (AvgIpc) is 2.69. The first-order chi connectivity index (χ1) is 13.4. The Morgan fingerprint density at radius 2 is 1.96 bits per heavy atom. The number of fused-ring (bicyclic) bond motifs is 1. The third-order valence-electron chi connectivity index (χ3n) is 4.79. The summed E-state index contributed by atoms with van der Waals surface area (Å²) in [7, 11) is -1.42. The molecule has 5 heteroatoms. The second-order valence-corrected chi connectivity index (χ2v) is 13.1. The van der Waals surface area contributed by atoms with Gasteiger partial charge >= 0.3 is 0 Å². The quantitative estimate of drug-likeness (QED) is 0.418. The fourth-order valence-corrected chi connectivity index (χ4v) is 3.71. The molecule has 0 spiro atoms. The summed E-state index contributed by atoms with van der Waals surface area (Å²) in [6.45, 7) is 14.5. The summed E-state index contributed by atoms with van der Waals surface area (Å²) in [6, 6.07) is 8.39. The predicted molar refractivity (Wildman–Crippen MR) is 119 cm³/mol. The van der Waals surface area contributed by atoms with Crippen LogP contribution in [0.25, 0.3) is 10.9 Å². The van der Waals surface area contributed by atoms with E-state index in [2.05, 4.69) is 55.1 Å². The van der Waals surface area contributed by atoms with Crippen molar-refractivity contribution in [3.8, 4) is 17.2 Å². The number of hydrogen-bond acceptors (Lipinski definition) is 4. The Hall–Kier alpha value is -1.87. The lowest BCUT2D eigenvalue weighted by atomic mass is 10.1. The van der Waals surface area contributed by atoms with E-state index >= 15 is 0 Å². The monoisotopic (exact) mass is 396 g/mol. The second-order valence-electron chi connectivity index (χ2n) is 8.36. The standard InChI is InChI=1S/C23H32N2O2Si/c1-5-19-17-20-18-21(27-13-6-10-25-11-14-26-15-12-25)7-8-22(20)24-23(19)9-16-28(2,3)4/h7-8,17-18H,5-6,10-15H2,1-4H3. The van der Waals surface area contributed by atoms with Crippen molar-refractivity contribution >= 4 is 19.0 Å². The van der Waals surface area contributed by atoms with Crippen molar-refractivity contribution in [3.63, 3.8) is 0 Å².